The molecule has 3 rings (SSSR count). The van der Waals surface area contributed by atoms with Gasteiger partial charge in [0.25, 0.3) is 5.91 Å². The number of benzene rings is 1. The average molecular weight is 253 g/mol. The predicted octanol–water partition coefficient (Wildman–Crippen LogP) is 1.80. The molecule has 0 bridgehead atoms. The number of nitrogens with two attached hydrogens (primary N) is 1. The first-order chi connectivity index (χ1) is 9.24. The van der Waals surface area contributed by atoms with Crippen LogP contribution in [0.15, 0.2) is 42.6 Å². The molecule has 4 N–H and O–H groups in total. The summed E-state index contributed by atoms with van der Waals surface area (Å²) >= 11 is 0. The monoisotopic (exact) mass is 253 g/mol. The highest BCUT2D eigenvalue weighted by Crippen LogP contribution is 2.19. The van der Waals surface area contributed by atoms with Crippen LogP contribution in [0.25, 0.3) is 10.9 Å². The van der Waals surface area contributed by atoms with Crippen LogP contribution in [0.2, 0.25) is 0 Å². The minimum atomic E-state index is -0.544. The lowest BCUT2D eigenvalue weighted by atomic mass is 10.2. The van der Waals surface area contributed by atoms with Crippen LogP contribution in [-0.2, 0) is 0 Å². The second-order valence-electron chi connectivity index (χ2n) is 4.04. The smallest absolute Gasteiger partial charge is 0.254 e. The molecule has 0 aliphatic carbocycles. The Balaban J connectivity index is 1.97. The van der Waals surface area contributed by atoms with E-state index in [9.17, 15) is 4.79 Å². The van der Waals surface area contributed by atoms with E-state index >= 15 is 0 Å². The number of rotatable bonds is 3. The summed E-state index contributed by atoms with van der Waals surface area (Å²) in [5.74, 6) is 0.512. The highest BCUT2D eigenvalue weighted by molar-refractivity contribution is 5.98. The minimum absolute atomic E-state index is 0.301. The van der Waals surface area contributed by atoms with E-state index in [4.69, 9.17) is 5.73 Å². The second kappa shape index (κ2) is 4.41. The first-order valence-electron chi connectivity index (χ1n) is 5.70. The fourth-order valence-corrected chi connectivity index (χ4v) is 1.83. The van der Waals surface area contributed by atoms with Crippen LogP contribution in [0.5, 0.6) is 0 Å². The van der Waals surface area contributed by atoms with Crippen LogP contribution < -0.4 is 11.1 Å². The summed E-state index contributed by atoms with van der Waals surface area (Å²) in [6.07, 6.45) is 1.38. The Kier molecular flexibility index (Phi) is 2.60. The number of nitrogens with one attached hydrogen (secondary N) is 2. The molecule has 0 radical (unpaired) electrons. The van der Waals surface area contributed by atoms with Gasteiger partial charge in [0.1, 0.15) is 17.2 Å². The molecule has 1 aromatic carbocycles. The Morgan fingerprint density at radius 1 is 1.21 bits per heavy atom. The van der Waals surface area contributed by atoms with Crippen molar-refractivity contribution >= 4 is 28.4 Å². The van der Waals surface area contributed by atoms with Gasteiger partial charge in [-0.3, -0.25) is 9.89 Å². The van der Waals surface area contributed by atoms with Gasteiger partial charge in [0.2, 0.25) is 0 Å². The maximum atomic E-state index is 11.2. The summed E-state index contributed by atoms with van der Waals surface area (Å²) in [4.78, 5) is 15.6. The molecular weight excluding hydrogens is 242 g/mol. The number of H-pyrrole nitrogens is 1. The van der Waals surface area contributed by atoms with Gasteiger partial charge in [0.15, 0.2) is 0 Å². The molecule has 19 heavy (non-hydrogen) atoms. The van der Waals surface area contributed by atoms with Crippen molar-refractivity contribution in [2.24, 2.45) is 5.73 Å². The van der Waals surface area contributed by atoms with Gasteiger partial charge in [0.05, 0.1) is 11.7 Å². The largest absolute Gasteiger partial charge is 0.365 e. The van der Waals surface area contributed by atoms with Gasteiger partial charge in [-0.25, -0.2) is 4.98 Å². The SMILES string of the molecule is NC(=O)c1cn[nH]c1Nc1ccc2ccccc2n1. The normalized spacial score (nSPS) is 10.5. The standard InChI is InChI=1S/C13H11N5O/c14-12(19)9-7-15-18-13(9)17-11-6-5-8-3-1-2-4-10(8)16-11/h1-7H,(H2,14,19)(H2,15,16,17,18). The molecule has 2 aromatic heterocycles. The maximum Gasteiger partial charge on any atom is 0.254 e. The van der Waals surface area contributed by atoms with Crippen LogP contribution in [0.1, 0.15) is 10.4 Å². The molecule has 0 aliphatic heterocycles. The number of carbonyl (C=O) groups is 1. The lowest BCUT2D eigenvalue weighted by Crippen LogP contribution is -2.12. The van der Waals surface area contributed by atoms with E-state index in [1.807, 2.05) is 36.4 Å². The fourth-order valence-electron chi connectivity index (χ4n) is 1.83. The zero-order valence-corrected chi connectivity index (χ0v) is 9.92. The van der Waals surface area contributed by atoms with Crippen molar-refractivity contribution in [3.8, 4) is 0 Å². The Morgan fingerprint density at radius 3 is 2.89 bits per heavy atom. The number of primary amides is 1. The Hall–Kier alpha value is -2.89. The highest BCUT2D eigenvalue weighted by atomic mass is 16.1. The van der Waals surface area contributed by atoms with E-state index in [0.717, 1.165) is 10.9 Å². The first-order valence-corrected chi connectivity index (χ1v) is 5.70. The van der Waals surface area contributed by atoms with Crippen LogP contribution in [-0.4, -0.2) is 21.1 Å². The number of nitrogens with zero attached hydrogens (tertiary/aromatic N) is 2. The van der Waals surface area contributed by atoms with E-state index in [0.29, 0.717) is 17.2 Å². The van der Waals surface area contributed by atoms with E-state index in [-0.39, 0.29) is 0 Å². The molecule has 6 nitrogen and oxygen atoms in total. The number of hydrogen-bond donors (Lipinski definition) is 3. The molecule has 0 atom stereocenters. The number of amides is 1. The van der Waals surface area contributed by atoms with Crippen LogP contribution >= 0.6 is 0 Å². The molecule has 6 heteroatoms. The number of carbonyl (C=O) groups excluding carboxylic acids is 1. The number of anilines is 2. The predicted molar refractivity (Wildman–Crippen MR) is 72.1 cm³/mol. The molecule has 0 saturated carbocycles. The number of para-hydroxylation sites is 1. The van der Waals surface area contributed by atoms with Gasteiger partial charge < -0.3 is 11.1 Å². The average Bonchev–Trinajstić information content (AvgIpc) is 2.87. The van der Waals surface area contributed by atoms with E-state index < -0.39 is 5.91 Å². The third-order valence-electron chi connectivity index (χ3n) is 2.76. The lowest BCUT2D eigenvalue weighted by Gasteiger charge is -2.05. The highest BCUT2D eigenvalue weighted by Gasteiger charge is 2.10. The van der Waals surface area contributed by atoms with Gasteiger partial charge in [-0.15, -0.1) is 0 Å². The van der Waals surface area contributed by atoms with Crippen molar-refractivity contribution in [1.82, 2.24) is 15.2 Å². The first kappa shape index (κ1) is 11.2. The molecule has 0 aliphatic rings. The molecule has 0 unspecified atom stereocenters. The number of pyridine rings is 1. The van der Waals surface area contributed by atoms with Gasteiger partial charge in [0, 0.05) is 5.39 Å². The minimum Gasteiger partial charge on any atom is -0.365 e. The van der Waals surface area contributed by atoms with Gasteiger partial charge in [-0.05, 0) is 18.2 Å². The van der Waals surface area contributed by atoms with Gasteiger partial charge >= 0.3 is 0 Å². The van der Waals surface area contributed by atoms with Gasteiger partial charge in [-0.2, -0.15) is 5.10 Å². The Morgan fingerprint density at radius 2 is 2.05 bits per heavy atom. The summed E-state index contributed by atoms with van der Waals surface area (Å²) in [6.45, 7) is 0. The number of fused-ring (bicyclic) bond motifs is 1. The third kappa shape index (κ3) is 2.11. The third-order valence-corrected chi connectivity index (χ3v) is 2.76. The molecule has 0 saturated heterocycles. The van der Waals surface area contributed by atoms with Crippen molar-refractivity contribution in [1.29, 1.82) is 0 Å². The lowest BCUT2D eigenvalue weighted by molar-refractivity contribution is 0.100. The van der Waals surface area contributed by atoms with Crippen LogP contribution in [0.4, 0.5) is 11.6 Å². The van der Waals surface area contributed by atoms with Crippen molar-refractivity contribution in [2.75, 3.05) is 5.32 Å². The van der Waals surface area contributed by atoms with Gasteiger partial charge in [-0.1, -0.05) is 18.2 Å². The van der Waals surface area contributed by atoms with E-state index in [2.05, 4.69) is 20.5 Å². The zero-order chi connectivity index (χ0) is 13.2. The molecular formula is C13H11N5O. The van der Waals surface area contributed by atoms with Crippen LogP contribution in [0, 0.1) is 0 Å². The number of aromatic nitrogens is 3. The van der Waals surface area contributed by atoms with Crippen LogP contribution in [0.3, 0.4) is 0 Å². The quantitative estimate of drug-likeness (QED) is 0.663. The topological polar surface area (TPSA) is 96.7 Å². The summed E-state index contributed by atoms with van der Waals surface area (Å²) in [5, 5.41) is 10.5. The summed E-state index contributed by atoms with van der Waals surface area (Å²) in [5.41, 5.74) is 6.41. The van der Waals surface area contributed by atoms with E-state index in [1.165, 1.54) is 6.20 Å². The molecule has 94 valence electrons. The van der Waals surface area contributed by atoms with Crippen molar-refractivity contribution < 1.29 is 4.79 Å². The van der Waals surface area contributed by atoms with Crippen molar-refractivity contribution in [2.45, 2.75) is 0 Å². The fraction of sp³-hybridized carbons (Fsp3) is 0. The Labute approximate surface area is 108 Å². The molecule has 0 spiro atoms. The molecule has 1 amide bonds. The molecule has 0 fully saturated rings. The van der Waals surface area contributed by atoms with Crippen molar-refractivity contribution in [3.05, 3.63) is 48.2 Å². The van der Waals surface area contributed by atoms with Crippen molar-refractivity contribution in [3.63, 3.8) is 0 Å². The maximum absolute atomic E-state index is 11.2. The summed E-state index contributed by atoms with van der Waals surface area (Å²) in [6, 6.07) is 11.6. The summed E-state index contributed by atoms with van der Waals surface area (Å²) in [7, 11) is 0. The molecule has 3 aromatic rings. The number of hydrogen-bond acceptors (Lipinski definition) is 4. The number of aromatic amines is 1. The Bertz CT molecular complexity index is 749. The second-order valence-corrected chi connectivity index (χ2v) is 4.04. The molecule has 2 heterocycles. The summed E-state index contributed by atoms with van der Waals surface area (Å²) < 4.78 is 0. The van der Waals surface area contributed by atoms with E-state index in [1.54, 1.807) is 0 Å². The zero-order valence-electron chi connectivity index (χ0n) is 9.92.